The largest absolute Gasteiger partial charge is 0.454 e. The van der Waals surface area contributed by atoms with E-state index in [-0.39, 0.29) is 5.91 Å². The third kappa shape index (κ3) is 2.95. The van der Waals surface area contributed by atoms with Gasteiger partial charge in [0.2, 0.25) is 6.79 Å². The number of rotatable bonds is 2. The first-order valence-electron chi connectivity index (χ1n) is 7.82. The SMILES string of the molecule is Cc1nnsc1C(=O)N1CCSC(c2ccc3c(c2)OCO3)CC1. The van der Waals surface area contributed by atoms with Crippen molar-refractivity contribution in [2.75, 3.05) is 25.6 Å². The summed E-state index contributed by atoms with van der Waals surface area (Å²) in [4.78, 5) is 15.2. The highest BCUT2D eigenvalue weighted by Crippen LogP contribution is 2.40. The number of hydrogen-bond acceptors (Lipinski definition) is 7. The third-order valence-electron chi connectivity index (χ3n) is 4.24. The molecule has 24 heavy (non-hydrogen) atoms. The number of thioether (sulfide) groups is 1. The summed E-state index contributed by atoms with van der Waals surface area (Å²) in [6, 6.07) is 6.13. The molecule has 2 aliphatic heterocycles. The first-order valence-corrected chi connectivity index (χ1v) is 9.64. The topological polar surface area (TPSA) is 64.6 Å². The van der Waals surface area contributed by atoms with Crippen LogP contribution in [0, 0.1) is 6.92 Å². The van der Waals surface area contributed by atoms with Crippen LogP contribution in [0.25, 0.3) is 0 Å². The Morgan fingerprint density at radius 2 is 2.17 bits per heavy atom. The monoisotopic (exact) mass is 363 g/mol. The number of hydrogen-bond donors (Lipinski definition) is 0. The van der Waals surface area contributed by atoms with Crippen LogP contribution in [0.2, 0.25) is 0 Å². The number of fused-ring (bicyclic) bond motifs is 1. The van der Waals surface area contributed by atoms with Gasteiger partial charge in [-0.15, -0.1) is 5.10 Å². The van der Waals surface area contributed by atoms with E-state index in [0.717, 1.165) is 36.8 Å². The second-order valence-corrected chi connectivity index (χ2v) is 7.81. The van der Waals surface area contributed by atoms with Crippen molar-refractivity contribution in [3.05, 3.63) is 34.3 Å². The molecule has 6 nitrogen and oxygen atoms in total. The lowest BCUT2D eigenvalue weighted by Crippen LogP contribution is -2.32. The summed E-state index contributed by atoms with van der Waals surface area (Å²) in [7, 11) is 0. The van der Waals surface area contributed by atoms with Crippen LogP contribution in [0.5, 0.6) is 11.5 Å². The fourth-order valence-corrected chi connectivity index (χ4v) is 4.77. The van der Waals surface area contributed by atoms with Crippen molar-refractivity contribution in [3.63, 3.8) is 0 Å². The van der Waals surface area contributed by atoms with Gasteiger partial charge in [-0.1, -0.05) is 10.6 Å². The molecule has 0 radical (unpaired) electrons. The smallest absolute Gasteiger partial charge is 0.267 e. The van der Waals surface area contributed by atoms with Gasteiger partial charge in [0.25, 0.3) is 5.91 Å². The van der Waals surface area contributed by atoms with Crippen LogP contribution >= 0.6 is 23.3 Å². The standard InChI is InChI=1S/C16H17N3O3S2/c1-10-15(24-18-17-10)16(20)19-5-4-14(23-7-6-19)11-2-3-12-13(8-11)22-9-21-12/h2-3,8,14H,4-7,9H2,1H3. The summed E-state index contributed by atoms with van der Waals surface area (Å²) >= 11 is 3.07. The van der Waals surface area contributed by atoms with Crippen molar-refractivity contribution < 1.29 is 14.3 Å². The Morgan fingerprint density at radius 3 is 3.00 bits per heavy atom. The average Bonchev–Trinajstić information content (AvgIpc) is 3.15. The highest BCUT2D eigenvalue weighted by molar-refractivity contribution is 7.99. The first kappa shape index (κ1) is 15.7. The molecule has 1 atom stereocenters. The van der Waals surface area contributed by atoms with Crippen LogP contribution in [-0.2, 0) is 0 Å². The van der Waals surface area contributed by atoms with Crippen molar-refractivity contribution >= 4 is 29.2 Å². The maximum atomic E-state index is 12.6. The van der Waals surface area contributed by atoms with Crippen molar-refractivity contribution in [2.45, 2.75) is 18.6 Å². The molecule has 1 amide bonds. The van der Waals surface area contributed by atoms with Gasteiger partial charge in [-0.05, 0) is 42.6 Å². The number of carbonyl (C=O) groups excluding carboxylic acids is 1. The van der Waals surface area contributed by atoms with Gasteiger partial charge in [-0.3, -0.25) is 4.79 Å². The molecule has 1 saturated heterocycles. The molecule has 3 heterocycles. The average molecular weight is 363 g/mol. The van der Waals surface area contributed by atoms with Crippen LogP contribution < -0.4 is 9.47 Å². The van der Waals surface area contributed by atoms with Crippen LogP contribution in [0.3, 0.4) is 0 Å². The van der Waals surface area contributed by atoms with E-state index < -0.39 is 0 Å². The van der Waals surface area contributed by atoms with E-state index in [0.29, 0.717) is 22.6 Å². The Labute approximate surface area is 148 Å². The zero-order chi connectivity index (χ0) is 16.5. The van der Waals surface area contributed by atoms with E-state index in [9.17, 15) is 4.79 Å². The minimum atomic E-state index is 0.0504. The predicted octanol–water partition coefficient (Wildman–Crippen LogP) is 2.90. The predicted molar refractivity (Wildman–Crippen MR) is 92.9 cm³/mol. The quantitative estimate of drug-likeness (QED) is 0.817. The molecule has 0 spiro atoms. The number of nitrogens with zero attached hydrogens (tertiary/aromatic N) is 3. The van der Waals surface area contributed by atoms with Crippen LogP contribution in [-0.4, -0.2) is 46.0 Å². The van der Waals surface area contributed by atoms with Gasteiger partial charge >= 0.3 is 0 Å². The minimum Gasteiger partial charge on any atom is -0.454 e. The second kappa shape index (κ2) is 6.60. The number of carbonyl (C=O) groups is 1. The van der Waals surface area contributed by atoms with E-state index in [2.05, 4.69) is 21.7 Å². The normalized spacial score (nSPS) is 20.0. The first-order chi connectivity index (χ1) is 11.7. The molecule has 8 heteroatoms. The molecule has 2 aliphatic rings. The van der Waals surface area contributed by atoms with Gasteiger partial charge in [-0.25, -0.2) is 0 Å². The van der Waals surface area contributed by atoms with Crippen LogP contribution in [0.4, 0.5) is 0 Å². The number of aromatic nitrogens is 2. The third-order valence-corrected chi connectivity index (χ3v) is 6.39. The lowest BCUT2D eigenvalue weighted by atomic mass is 10.1. The number of amides is 1. The Kier molecular flexibility index (Phi) is 4.32. The molecule has 0 N–H and O–H groups in total. The van der Waals surface area contributed by atoms with Crippen molar-refractivity contribution in [3.8, 4) is 11.5 Å². The summed E-state index contributed by atoms with van der Waals surface area (Å²) in [6.45, 7) is 3.62. The maximum Gasteiger partial charge on any atom is 0.267 e. The lowest BCUT2D eigenvalue weighted by Gasteiger charge is -2.19. The Morgan fingerprint density at radius 1 is 1.29 bits per heavy atom. The number of aryl methyl sites for hydroxylation is 1. The van der Waals surface area contributed by atoms with Gasteiger partial charge in [0.1, 0.15) is 4.88 Å². The molecule has 1 unspecified atom stereocenters. The van der Waals surface area contributed by atoms with Gasteiger partial charge < -0.3 is 14.4 Å². The Bertz CT molecular complexity index is 765. The lowest BCUT2D eigenvalue weighted by molar-refractivity contribution is 0.0770. The minimum absolute atomic E-state index is 0.0504. The number of benzene rings is 1. The summed E-state index contributed by atoms with van der Waals surface area (Å²) in [5.74, 6) is 2.59. The summed E-state index contributed by atoms with van der Waals surface area (Å²) in [5, 5.41) is 4.30. The molecular weight excluding hydrogens is 346 g/mol. The van der Waals surface area contributed by atoms with Gasteiger partial charge in [0.15, 0.2) is 11.5 Å². The summed E-state index contributed by atoms with van der Waals surface area (Å²) in [6.07, 6.45) is 0.918. The van der Waals surface area contributed by atoms with Gasteiger partial charge in [-0.2, -0.15) is 11.8 Å². The molecule has 1 aromatic carbocycles. The van der Waals surface area contributed by atoms with Crippen molar-refractivity contribution in [1.82, 2.24) is 14.5 Å². The Hall–Kier alpha value is -1.80. The molecule has 2 aromatic rings. The van der Waals surface area contributed by atoms with E-state index in [1.165, 1.54) is 17.1 Å². The molecule has 126 valence electrons. The second-order valence-electron chi connectivity index (χ2n) is 5.74. The van der Waals surface area contributed by atoms with Crippen molar-refractivity contribution in [1.29, 1.82) is 0 Å². The molecule has 1 fully saturated rings. The molecule has 0 aliphatic carbocycles. The van der Waals surface area contributed by atoms with Crippen LogP contribution in [0.15, 0.2) is 18.2 Å². The molecule has 1 aromatic heterocycles. The highest BCUT2D eigenvalue weighted by Gasteiger charge is 2.26. The zero-order valence-electron chi connectivity index (χ0n) is 13.2. The van der Waals surface area contributed by atoms with Gasteiger partial charge in [0.05, 0.1) is 5.69 Å². The van der Waals surface area contributed by atoms with E-state index >= 15 is 0 Å². The molecule has 4 rings (SSSR count). The fraction of sp³-hybridized carbons (Fsp3) is 0.438. The van der Waals surface area contributed by atoms with E-state index in [1.807, 2.05) is 29.7 Å². The molecule has 0 saturated carbocycles. The van der Waals surface area contributed by atoms with Crippen molar-refractivity contribution in [2.24, 2.45) is 0 Å². The fourth-order valence-electron chi connectivity index (χ4n) is 2.92. The van der Waals surface area contributed by atoms with Crippen LogP contribution in [0.1, 0.15) is 32.6 Å². The maximum absolute atomic E-state index is 12.6. The zero-order valence-corrected chi connectivity index (χ0v) is 14.9. The summed E-state index contributed by atoms with van der Waals surface area (Å²) < 4.78 is 14.7. The Balaban J connectivity index is 1.46. The molecule has 0 bridgehead atoms. The summed E-state index contributed by atoms with van der Waals surface area (Å²) in [5.41, 5.74) is 1.95. The highest BCUT2D eigenvalue weighted by atomic mass is 32.2. The van der Waals surface area contributed by atoms with E-state index in [1.54, 1.807) is 0 Å². The van der Waals surface area contributed by atoms with Gasteiger partial charge in [0, 0.05) is 24.1 Å². The molecular formula is C16H17N3O3S2. The number of ether oxygens (including phenoxy) is 2. The van der Waals surface area contributed by atoms with E-state index in [4.69, 9.17) is 9.47 Å².